The van der Waals surface area contributed by atoms with E-state index in [1.807, 2.05) is 47.1 Å². The van der Waals surface area contributed by atoms with Crippen LogP contribution in [0.25, 0.3) is 10.8 Å². The van der Waals surface area contributed by atoms with Gasteiger partial charge in [0.05, 0.1) is 12.5 Å². The fraction of sp³-hybridized carbons (Fsp3) is 0.278. The zero-order valence-electron chi connectivity index (χ0n) is 12.7. The van der Waals surface area contributed by atoms with Gasteiger partial charge in [-0.05, 0) is 23.8 Å². The van der Waals surface area contributed by atoms with Crippen LogP contribution in [0.3, 0.4) is 0 Å². The van der Waals surface area contributed by atoms with E-state index in [1.165, 1.54) is 0 Å². The second-order valence-electron chi connectivity index (χ2n) is 5.81. The van der Waals surface area contributed by atoms with Gasteiger partial charge in [0.2, 0.25) is 5.91 Å². The second kappa shape index (κ2) is 6.08. The molecule has 1 fully saturated rings. The number of benzene rings is 1. The number of pyridine rings is 1. The zero-order valence-corrected chi connectivity index (χ0v) is 13.5. The van der Waals surface area contributed by atoms with Crippen LogP contribution < -0.4 is 0 Å². The van der Waals surface area contributed by atoms with Crippen LogP contribution >= 0.6 is 11.3 Å². The molecular formula is C18H17N3OS. The first-order valence-corrected chi connectivity index (χ1v) is 8.71. The molecule has 4 rings (SSSR count). The Morgan fingerprint density at radius 1 is 1.30 bits per heavy atom. The first kappa shape index (κ1) is 14.3. The van der Waals surface area contributed by atoms with Gasteiger partial charge in [-0.3, -0.25) is 9.78 Å². The van der Waals surface area contributed by atoms with E-state index in [0.29, 0.717) is 6.42 Å². The number of nitrogens with zero attached hydrogens (tertiary/aromatic N) is 3. The maximum Gasteiger partial charge on any atom is 0.227 e. The average Bonchev–Trinajstić information content (AvgIpc) is 3.26. The third-order valence-corrected chi connectivity index (χ3v) is 5.28. The third-order valence-electron chi connectivity index (χ3n) is 4.40. The van der Waals surface area contributed by atoms with Crippen molar-refractivity contribution < 1.29 is 4.79 Å². The Morgan fingerprint density at radius 3 is 3.09 bits per heavy atom. The number of rotatable bonds is 3. The summed E-state index contributed by atoms with van der Waals surface area (Å²) in [6, 6.07) is 8.23. The minimum Gasteiger partial charge on any atom is -0.333 e. The lowest BCUT2D eigenvalue weighted by molar-refractivity contribution is -0.131. The van der Waals surface area contributed by atoms with Crippen molar-refractivity contribution in [3.8, 4) is 0 Å². The van der Waals surface area contributed by atoms with Gasteiger partial charge in [-0.1, -0.05) is 24.3 Å². The van der Waals surface area contributed by atoms with Gasteiger partial charge in [0.25, 0.3) is 0 Å². The van der Waals surface area contributed by atoms with Crippen molar-refractivity contribution in [2.24, 2.45) is 0 Å². The van der Waals surface area contributed by atoms with E-state index < -0.39 is 0 Å². The Bertz CT molecular complexity index is 826. The molecule has 1 saturated heterocycles. The number of carbonyl (C=O) groups excluding carboxylic acids is 1. The van der Waals surface area contributed by atoms with E-state index in [4.69, 9.17) is 0 Å². The van der Waals surface area contributed by atoms with Gasteiger partial charge in [-0.2, -0.15) is 0 Å². The lowest BCUT2D eigenvalue weighted by atomic mass is 10.0. The largest absolute Gasteiger partial charge is 0.333 e. The molecule has 1 amide bonds. The Morgan fingerprint density at radius 2 is 2.22 bits per heavy atom. The standard InChI is InChI=1S/C18H17N3OS/c22-17(21-8-3-6-16(21)18-20-7-9-23-18)10-14-12-19-11-13-4-1-2-5-15(13)14/h1-2,4-5,7,9,11-12,16H,3,6,8,10H2. The minimum absolute atomic E-state index is 0.144. The van der Waals surface area contributed by atoms with Crippen molar-refractivity contribution >= 4 is 28.0 Å². The molecule has 1 atom stereocenters. The molecule has 116 valence electrons. The third kappa shape index (κ3) is 2.72. The van der Waals surface area contributed by atoms with Crippen LogP contribution in [0.2, 0.25) is 0 Å². The quantitative estimate of drug-likeness (QED) is 0.740. The number of carbonyl (C=O) groups is 1. The van der Waals surface area contributed by atoms with E-state index in [1.54, 1.807) is 11.3 Å². The van der Waals surface area contributed by atoms with Crippen LogP contribution in [-0.2, 0) is 11.2 Å². The number of hydrogen-bond acceptors (Lipinski definition) is 4. The normalized spacial score (nSPS) is 17.7. The molecule has 0 saturated carbocycles. The summed E-state index contributed by atoms with van der Waals surface area (Å²) in [5.74, 6) is 0.167. The van der Waals surface area contributed by atoms with Gasteiger partial charge in [0.15, 0.2) is 0 Å². The lowest BCUT2D eigenvalue weighted by Gasteiger charge is -2.23. The van der Waals surface area contributed by atoms with Crippen molar-refractivity contribution in [1.82, 2.24) is 14.9 Å². The summed E-state index contributed by atoms with van der Waals surface area (Å²) in [5.41, 5.74) is 0.998. The van der Waals surface area contributed by atoms with Crippen LogP contribution in [0.5, 0.6) is 0 Å². The maximum atomic E-state index is 12.8. The Hall–Kier alpha value is -2.27. The predicted molar refractivity (Wildman–Crippen MR) is 91.2 cm³/mol. The summed E-state index contributed by atoms with van der Waals surface area (Å²) in [4.78, 5) is 23.5. The molecule has 1 aliphatic rings. The molecule has 0 aliphatic carbocycles. The number of thiazole rings is 1. The van der Waals surface area contributed by atoms with Gasteiger partial charge >= 0.3 is 0 Å². The molecule has 1 unspecified atom stereocenters. The highest BCUT2D eigenvalue weighted by Crippen LogP contribution is 2.33. The molecular weight excluding hydrogens is 306 g/mol. The fourth-order valence-electron chi connectivity index (χ4n) is 3.31. The molecule has 0 spiro atoms. The predicted octanol–water partition coefficient (Wildman–Crippen LogP) is 3.60. The van der Waals surface area contributed by atoms with Gasteiger partial charge in [-0.25, -0.2) is 4.98 Å². The molecule has 1 aromatic carbocycles. The molecule has 3 aromatic rings. The summed E-state index contributed by atoms with van der Waals surface area (Å²) in [5, 5.41) is 5.22. The topological polar surface area (TPSA) is 46.1 Å². The van der Waals surface area contributed by atoms with E-state index in [9.17, 15) is 4.79 Å². The van der Waals surface area contributed by atoms with Crippen molar-refractivity contribution in [2.75, 3.05) is 6.54 Å². The minimum atomic E-state index is 0.144. The highest BCUT2D eigenvalue weighted by molar-refractivity contribution is 7.09. The van der Waals surface area contributed by atoms with Crippen molar-refractivity contribution in [1.29, 1.82) is 0 Å². The molecule has 0 radical (unpaired) electrons. The molecule has 4 nitrogen and oxygen atoms in total. The first-order chi connectivity index (χ1) is 11.3. The van der Waals surface area contributed by atoms with Crippen LogP contribution in [0.1, 0.15) is 29.5 Å². The maximum absolute atomic E-state index is 12.8. The summed E-state index contributed by atoms with van der Waals surface area (Å²) in [7, 11) is 0. The number of hydrogen-bond donors (Lipinski definition) is 0. The van der Waals surface area contributed by atoms with Gasteiger partial charge in [0, 0.05) is 35.9 Å². The van der Waals surface area contributed by atoms with Crippen LogP contribution in [0, 0.1) is 0 Å². The van der Waals surface area contributed by atoms with Crippen LogP contribution in [0.15, 0.2) is 48.2 Å². The number of amides is 1. The highest BCUT2D eigenvalue weighted by atomic mass is 32.1. The van der Waals surface area contributed by atoms with Crippen molar-refractivity contribution in [3.05, 3.63) is 58.8 Å². The van der Waals surface area contributed by atoms with Gasteiger partial charge in [-0.15, -0.1) is 11.3 Å². The molecule has 23 heavy (non-hydrogen) atoms. The zero-order chi connectivity index (χ0) is 15.6. The molecule has 5 heteroatoms. The van der Waals surface area contributed by atoms with Crippen LogP contribution in [-0.4, -0.2) is 27.3 Å². The Labute approximate surface area is 138 Å². The molecule has 1 aliphatic heterocycles. The smallest absolute Gasteiger partial charge is 0.227 e. The Balaban J connectivity index is 1.59. The molecule has 0 N–H and O–H groups in total. The molecule has 0 bridgehead atoms. The molecule has 2 aromatic heterocycles. The lowest BCUT2D eigenvalue weighted by Crippen LogP contribution is -2.31. The first-order valence-electron chi connectivity index (χ1n) is 7.83. The van der Waals surface area contributed by atoms with Gasteiger partial charge < -0.3 is 4.90 Å². The van der Waals surface area contributed by atoms with E-state index in [0.717, 1.165) is 40.7 Å². The highest BCUT2D eigenvalue weighted by Gasteiger charge is 2.31. The number of likely N-dealkylation sites (tertiary alicyclic amines) is 1. The average molecular weight is 323 g/mol. The monoisotopic (exact) mass is 323 g/mol. The fourth-order valence-corrected chi connectivity index (χ4v) is 4.09. The molecule has 3 heterocycles. The van der Waals surface area contributed by atoms with Crippen molar-refractivity contribution in [2.45, 2.75) is 25.3 Å². The van der Waals surface area contributed by atoms with Gasteiger partial charge in [0.1, 0.15) is 5.01 Å². The summed E-state index contributed by atoms with van der Waals surface area (Å²) in [6.07, 6.45) is 7.93. The summed E-state index contributed by atoms with van der Waals surface area (Å²) in [6.45, 7) is 0.821. The SMILES string of the molecule is O=C(Cc1cncc2ccccc12)N1CCCC1c1nccs1. The van der Waals surface area contributed by atoms with E-state index in [2.05, 4.69) is 16.0 Å². The second-order valence-corrected chi connectivity index (χ2v) is 6.74. The number of fused-ring (bicyclic) bond motifs is 1. The Kier molecular flexibility index (Phi) is 3.79. The van der Waals surface area contributed by atoms with Crippen LogP contribution in [0.4, 0.5) is 0 Å². The van der Waals surface area contributed by atoms with E-state index in [-0.39, 0.29) is 11.9 Å². The van der Waals surface area contributed by atoms with E-state index >= 15 is 0 Å². The van der Waals surface area contributed by atoms with Crippen molar-refractivity contribution in [3.63, 3.8) is 0 Å². The number of aromatic nitrogens is 2. The summed E-state index contributed by atoms with van der Waals surface area (Å²) >= 11 is 1.63. The summed E-state index contributed by atoms with van der Waals surface area (Å²) < 4.78 is 0.